The molecule has 1 aliphatic heterocycles. The van der Waals surface area contributed by atoms with Gasteiger partial charge in [-0.15, -0.1) is 5.10 Å². The van der Waals surface area contributed by atoms with E-state index in [1.165, 1.54) is 30.3 Å². The highest BCUT2D eigenvalue weighted by molar-refractivity contribution is 8.15. The molecule has 0 bridgehead atoms. The normalized spacial score (nSPS) is 19.1. The van der Waals surface area contributed by atoms with E-state index < -0.39 is 10.2 Å². The van der Waals surface area contributed by atoms with Gasteiger partial charge in [0.2, 0.25) is 5.91 Å². The molecule has 1 fully saturated rings. The number of rotatable bonds is 5. The zero-order chi connectivity index (χ0) is 16.9. The van der Waals surface area contributed by atoms with Crippen molar-refractivity contribution >= 4 is 34.7 Å². The van der Waals surface area contributed by atoms with Crippen molar-refractivity contribution in [2.75, 3.05) is 0 Å². The molecular weight excluding hydrogens is 332 g/mol. The fourth-order valence-corrected chi connectivity index (χ4v) is 3.10. The molecule has 0 spiro atoms. The Hall–Kier alpha value is -2.94. The van der Waals surface area contributed by atoms with E-state index in [4.69, 9.17) is 4.42 Å². The molecule has 8 nitrogen and oxygen atoms in total. The van der Waals surface area contributed by atoms with Gasteiger partial charge in [-0.05, 0) is 12.1 Å². The zero-order valence-corrected chi connectivity index (χ0v) is 13.1. The van der Waals surface area contributed by atoms with Gasteiger partial charge in [-0.1, -0.05) is 30.0 Å². The van der Waals surface area contributed by atoms with Crippen LogP contribution in [0.2, 0.25) is 0 Å². The Morgan fingerprint density at radius 3 is 2.92 bits per heavy atom. The predicted molar refractivity (Wildman–Crippen MR) is 90.1 cm³/mol. The van der Waals surface area contributed by atoms with Gasteiger partial charge in [-0.3, -0.25) is 14.9 Å². The number of nitrogens with one attached hydrogen (secondary N) is 1. The van der Waals surface area contributed by atoms with E-state index in [1.807, 2.05) is 0 Å². The van der Waals surface area contributed by atoms with E-state index in [2.05, 4.69) is 15.5 Å². The summed E-state index contributed by atoms with van der Waals surface area (Å²) < 4.78 is 5.08. The average molecular weight is 344 g/mol. The fourth-order valence-electron chi connectivity index (χ4n) is 2.15. The van der Waals surface area contributed by atoms with Crippen LogP contribution in [0.5, 0.6) is 0 Å². The zero-order valence-electron chi connectivity index (χ0n) is 12.3. The number of nitro benzene ring substituents is 1. The summed E-state index contributed by atoms with van der Waals surface area (Å²) in [6.07, 6.45) is 3.19. The second-order valence-corrected chi connectivity index (χ2v) is 6.04. The standard InChI is InChI=1S/C15H12N4O4S/c20-14-13(8-10-4-1-2-6-12(10)19(21)22)24-15(17-14)18-16-9-11-5-3-7-23-11/h1-7,9,13H,8H2,(H,17,18,20)/b16-9-/t13-/m0/s1. The summed E-state index contributed by atoms with van der Waals surface area (Å²) in [6.45, 7) is 0. The lowest BCUT2D eigenvalue weighted by atomic mass is 10.1. The molecule has 1 N–H and O–H groups in total. The highest BCUT2D eigenvalue weighted by Gasteiger charge is 2.32. The van der Waals surface area contributed by atoms with Gasteiger partial charge in [0.1, 0.15) is 5.76 Å². The van der Waals surface area contributed by atoms with Crippen LogP contribution in [-0.4, -0.2) is 27.5 Å². The van der Waals surface area contributed by atoms with E-state index in [-0.39, 0.29) is 18.0 Å². The number of amides is 1. The molecule has 24 heavy (non-hydrogen) atoms. The Morgan fingerprint density at radius 2 is 2.17 bits per heavy atom. The lowest BCUT2D eigenvalue weighted by Crippen LogP contribution is -2.26. The number of hydrogen-bond acceptors (Lipinski definition) is 7. The van der Waals surface area contributed by atoms with E-state index >= 15 is 0 Å². The van der Waals surface area contributed by atoms with Gasteiger partial charge >= 0.3 is 0 Å². The number of hydrogen-bond donors (Lipinski definition) is 1. The molecule has 1 amide bonds. The first-order valence-corrected chi connectivity index (χ1v) is 7.86. The fraction of sp³-hybridized carbons (Fsp3) is 0.133. The maximum absolute atomic E-state index is 12.0. The first kappa shape index (κ1) is 15.9. The quantitative estimate of drug-likeness (QED) is 0.508. The van der Waals surface area contributed by atoms with Gasteiger partial charge in [0, 0.05) is 18.1 Å². The second-order valence-electron chi connectivity index (χ2n) is 4.85. The Morgan fingerprint density at radius 1 is 1.33 bits per heavy atom. The maximum Gasteiger partial charge on any atom is 0.272 e. The smallest absolute Gasteiger partial charge is 0.272 e. The van der Waals surface area contributed by atoms with Crippen molar-refractivity contribution in [2.24, 2.45) is 10.2 Å². The lowest BCUT2D eigenvalue weighted by Gasteiger charge is -2.05. The van der Waals surface area contributed by atoms with E-state index in [1.54, 1.807) is 30.3 Å². The molecule has 0 radical (unpaired) electrons. The van der Waals surface area contributed by atoms with Crippen molar-refractivity contribution in [3.8, 4) is 0 Å². The summed E-state index contributed by atoms with van der Waals surface area (Å²) in [7, 11) is 0. The number of nitrogens with zero attached hydrogens (tertiary/aromatic N) is 3. The Labute approximate surface area is 140 Å². The van der Waals surface area contributed by atoms with Crippen LogP contribution in [-0.2, 0) is 11.2 Å². The van der Waals surface area contributed by atoms with Crippen LogP contribution in [0.25, 0.3) is 0 Å². The van der Waals surface area contributed by atoms with Crippen molar-refractivity contribution in [2.45, 2.75) is 11.7 Å². The number of nitro groups is 1. The minimum atomic E-state index is -0.483. The van der Waals surface area contributed by atoms with Gasteiger partial charge in [0.05, 0.1) is 22.7 Å². The van der Waals surface area contributed by atoms with E-state index in [9.17, 15) is 14.9 Å². The largest absolute Gasteiger partial charge is 0.463 e. The molecule has 2 aromatic rings. The number of thioether (sulfide) groups is 1. The molecule has 0 unspecified atom stereocenters. The lowest BCUT2D eigenvalue weighted by molar-refractivity contribution is -0.385. The summed E-state index contributed by atoms with van der Waals surface area (Å²) in [6, 6.07) is 9.83. The minimum absolute atomic E-state index is 0.00660. The summed E-state index contributed by atoms with van der Waals surface area (Å²) in [5.74, 6) is 0.301. The summed E-state index contributed by atoms with van der Waals surface area (Å²) in [5, 5.41) is 21.3. The molecule has 1 atom stereocenters. The second kappa shape index (κ2) is 7.09. The Bertz CT molecular complexity index is 817. The SMILES string of the molecule is O=C1N/C(=N\N=C/c2ccco2)S[C@H]1Cc1ccccc1[N+](=O)[O-]. The van der Waals surface area contributed by atoms with Crippen LogP contribution in [0.15, 0.2) is 57.3 Å². The number of amidine groups is 1. The van der Waals surface area contributed by atoms with E-state index in [0.717, 1.165) is 0 Å². The van der Waals surface area contributed by atoms with Gasteiger partial charge in [0.25, 0.3) is 5.69 Å². The van der Waals surface area contributed by atoms with Crippen LogP contribution in [0.4, 0.5) is 5.69 Å². The molecule has 1 aliphatic rings. The molecule has 0 aliphatic carbocycles. The van der Waals surface area contributed by atoms with Crippen LogP contribution < -0.4 is 5.32 Å². The number of para-hydroxylation sites is 1. The monoisotopic (exact) mass is 344 g/mol. The third kappa shape index (κ3) is 3.69. The molecule has 3 rings (SSSR count). The van der Waals surface area contributed by atoms with Crippen molar-refractivity contribution in [3.05, 3.63) is 64.1 Å². The molecule has 122 valence electrons. The molecule has 9 heteroatoms. The van der Waals surface area contributed by atoms with Crippen molar-refractivity contribution in [3.63, 3.8) is 0 Å². The summed E-state index contributed by atoms with van der Waals surface area (Å²) >= 11 is 1.19. The highest BCUT2D eigenvalue weighted by Crippen LogP contribution is 2.27. The Kier molecular flexibility index (Phi) is 4.71. The molecule has 1 saturated heterocycles. The van der Waals surface area contributed by atoms with Crippen LogP contribution in [0.3, 0.4) is 0 Å². The third-order valence-electron chi connectivity index (χ3n) is 3.25. The van der Waals surface area contributed by atoms with Crippen molar-refractivity contribution < 1.29 is 14.1 Å². The van der Waals surface area contributed by atoms with Crippen LogP contribution >= 0.6 is 11.8 Å². The molecular formula is C15H12N4O4S. The summed E-state index contributed by atoms with van der Waals surface area (Å²) in [5.41, 5.74) is 0.516. The van der Waals surface area contributed by atoms with E-state index in [0.29, 0.717) is 16.5 Å². The maximum atomic E-state index is 12.0. The minimum Gasteiger partial charge on any atom is -0.463 e. The molecule has 1 aromatic heterocycles. The van der Waals surface area contributed by atoms with Crippen molar-refractivity contribution in [1.29, 1.82) is 0 Å². The first-order valence-electron chi connectivity index (χ1n) is 6.98. The number of benzene rings is 1. The predicted octanol–water partition coefficient (Wildman–Crippen LogP) is 2.35. The number of carbonyl (C=O) groups is 1. The molecule has 0 saturated carbocycles. The number of furan rings is 1. The van der Waals surface area contributed by atoms with Crippen LogP contribution in [0.1, 0.15) is 11.3 Å². The average Bonchev–Trinajstić information content (AvgIpc) is 3.18. The van der Waals surface area contributed by atoms with Gasteiger partial charge in [-0.2, -0.15) is 5.10 Å². The summed E-state index contributed by atoms with van der Waals surface area (Å²) in [4.78, 5) is 22.6. The Balaban J connectivity index is 1.68. The van der Waals surface area contributed by atoms with Gasteiger partial charge < -0.3 is 9.73 Å². The molecule has 1 aromatic carbocycles. The first-order chi connectivity index (χ1) is 11.6. The molecule has 2 heterocycles. The van der Waals surface area contributed by atoms with Gasteiger partial charge in [-0.25, -0.2) is 0 Å². The van der Waals surface area contributed by atoms with Crippen LogP contribution in [0, 0.1) is 10.1 Å². The number of carbonyl (C=O) groups excluding carboxylic acids is 1. The highest BCUT2D eigenvalue weighted by atomic mass is 32.2. The third-order valence-corrected chi connectivity index (χ3v) is 4.32. The van der Waals surface area contributed by atoms with Gasteiger partial charge in [0.15, 0.2) is 5.17 Å². The topological polar surface area (TPSA) is 110 Å². The van der Waals surface area contributed by atoms with Crippen molar-refractivity contribution in [1.82, 2.24) is 5.32 Å².